The Kier molecular flexibility index (Phi) is 4.53. The van der Waals surface area contributed by atoms with Crippen molar-refractivity contribution in [3.8, 4) is 0 Å². The van der Waals surface area contributed by atoms with E-state index in [4.69, 9.17) is 4.74 Å². The fourth-order valence-corrected chi connectivity index (χ4v) is 1.36. The van der Waals surface area contributed by atoms with Gasteiger partial charge in [-0.3, -0.25) is 4.90 Å². The van der Waals surface area contributed by atoms with Crippen molar-refractivity contribution in [1.29, 1.82) is 0 Å². The summed E-state index contributed by atoms with van der Waals surface area (Å²) in [5.74, 6) is 0. The van der Waals surface area contributed by atoms with Crippen LogP contribution in [0, 0.1) is 0 Å². The van der Waals surface area contributed by atoms with Crippen LogP contribution in [0.3, 0.4) is 0 Å². The van der Waals surface area contributed by atoms with E-state index >= 15 is 0 Å². The maximum atomic E-state index is 9.32. The normalized spacial score (nSPS) is 22.5. The maximum absolute atomic E-state index is 9.32. The van der Waals surface area contributed by atoms with Crippen LogP contribution in [0.25, 0.3) is 0 Å². The zero-order valence-electron chi connectivity index (χ0n) is 7.62. The second kappa shape index (κ2) is 5.48. The molecule has 0 aromatic rings. The summed E-state index contributed by atoms with van der Waals surface area (Å²) in [6.45, 7) is 7.13. The molecule has 0 aromatic heterocycles. The summed E-state index contributed by atoms with van der Waals surface area (Å²) in [5, 5.41) is 12.6. The number of rotatable bonds is 4. The van der Waals surface area contributed by atoms with Gasteiger partial charge in [-0.15, -0.1) is 0 Å². The van der Waals surface area contributed by atoms with Gasteiger partial charge < -0.3 is 15.2 Å². The van der Waals surface area contributed by atoms with Crippen LogP contribution >= 0.6 is 0 Å². The largest absolute Gasteiger partial charge is 0.367 e. The molecule has 1 aliphatic rings. The highest BCUT2D eigenvalue weighted by atomic mass is 16.6. The number of nitrogens with zero attached hydrogens (tertiary/aromatic N) is 1. The van der Waals surface area contributed by atoms with E-state index in [1.165, 1.54) is 0 Å². The minimum Gasteiger partial charge on any atom is -0.367 e. The van der Waals surface area contributed by atoms with E-state index in [1.54, 1.807) is 0 Å². The molecule has 72 valence electrons. The highest BCUT2D eigenvalue weighted by molar-refractivity contribution is 4.67. The molecule has 0 bridgehead atoms. The SMILES string of the molecule is CCOC(O)CN1CCNCC1. The van der Waals surface area contributed by atoms with E-state index in [1.807, 2.05) is 6.92 Å². The van der Waals surface area contributed by atoms with Crippen LogP contribution in [0.5, 0.6) is 0 Å². The molecule has 0 aliphatic carbocycles. The van der Waals surface area contributed by atoms with Crippen molar-refractivity contribution in [2.24, 2.45) is 0 Å². The van der Waals surface area contributed by atoms with Gasteiger partial charge in [0, 0.05) is 39.3 Å². The van der Waals surface area contributed by atoms with Gasteiger partial charge in [0.15, 0.2) is 6.29 Å². The molecule has 1 unspecified atom stereocenters. The van der Waals surface area contributed by atoms with E-state index in [-0.39, 0.29) is 0 Å². The van der Waals surface area contributed by atoms with Crippen LogP contribution in [0.2, 0.25) is 0 Å². The number of aliphatic hydroxyl groups is 1. The quantitative estimate of drug-likeness (QED) is 0.550. The third-order valence-electron chi connectivity index (χ3n) is 1.98. The van der Waals surface area contributed by atoms with Crippen LogP contribution in [0.15, 0.2) is 0 Å². The molecule has 0 radical (unpaired) electrons. The molecule has 12 heavy (non-hydrogen) atoms. The van der Waals surface area contributed by atoms with Gasteiger partial charge in [0.25, 0.3) is 0 Å². The summed E-state index contributed by atoms with van der Waals surface area (Å²) in [4.78, 5) is 2.21. The Morgan fingerprint density at radius 1 is 1.50 bits per heavy atom. The molecule has 1 aliphatic heterocycles. The first-order valence-electron chi connectivity index (χ1n) is 4.55. The molecule has 1 saturated heterocycles. The van der Waals surface area contributed by atoms with Crippen LogP contribution in [-0.4, -0.2) is 55.6 Å². The number of β-amino-alcohol motifs (C(OH)–C–C–N with tert-alkyl or cyclic N) is 1. The van der Waals surface area contributed by atoms with E-state index in [9.17, 15) is 5.11 Å². The van der Waals surface area contributed by atoms with Crippen LogP contribution in [0.4, 0.5) is 0 Å². The molecule has 4 heteroatoms. The Morgan fingerprint density at radius 2 is 2.17 bits per heavy atom. The molecule has 1 atom stereocenters. The third-order valence-corrected chi connectivity index (χ3v) is 1.98. The van der Waals surface area contributed by atoms with Crippen molar-refractivity contribution in [3.63, 3.8) is 0 Å². The summed E-state index contributed by atoms with van der Waals surface area (Å²) in [6, 6.07) is 0. The fraction of sp³-hybridized carbons (Fsp3) is 1.00. The Hall–Kier alpha value is -0.160. The van der Waals surface area contributed by atoms with E-state index < -0.39 is 6.29 Å². The van der Waals surface area contributed by atoms with E-state index in [0.717, 1.165) is 26.2 Å². The molecular formula is C8H18N2O2. The van der Waals surface area contributed by atoms with Crippen LogP contribution in [-0.2, 0) is 4.74 Å². The lowest BCUT2D eigenvalue weighted by molar-refractivity contribution is -0.110. The number of hydrogen-bond acceptors (Lipinski definition) is 4. The van der Waals surface area contributed by atoms with Gasteiger partial charge in [0.2, 0.25) is 0 Å². The van der Waals surface area contributed by atoms with Crippen molar-refractivity contribution in [1.82, 2.24) is 10.2 Å². The molecular weight excluding hydrogens is 156 g/mol. The summed E-state index contributed by atoms with van der Waals surface area (Å²) in [7, 11) is 0. The zero-order valence-corrected chi connectivity index (χ0v) is 7.62. The predicted molar refractivity (Wildman–Crippen MR) is 46.9 cm³/mol. The number of ether oxygens (including phenoxy) is 1. The number of piperazine rings is 1. The second-order valence-electron chi connectivity index (χ2n) is 2.96. The smallest absolute Gasteiger partial charge is 0.167 e. The van der Waals surface area contributed by atoms with Gasteiger partial charge in [0.05, 0.1) is 0 Å². The Bertz CT molecular complexity index is 116. The average Bonchev–Trinajstić information content (AvgIpc) is 2.06. The Balaban J connectivity index is 2.11. The first-order chi connectivity index (χ1) is 5.83. The monoisotopic (exact) mass is 174 g/mol. The standard InChI is InChI=1S/C8H18N2O2/c1-2-12-8(11)7-10-5-3-9-4-6-10/h8-9,11H,2-7H2,1H3. The van der Waals surface area contributed by atoms with Crippen molar-refractivity contribution in [2.45, 2.75) is 13.2 Å². The van der Waals surface area contributed by atoms with Crippen molar-refractivity contribution in [2.75, 3.05) is 39.3 Å². The lowest BCUT2D eigenvalue weighted by Gasteiger charge is -2.28. The maximum Gasteiger partial charge on any atom is 0.167 e. The fourth-order valence-electron chi connectivity index (χ4n) is 1.36. The molecule has 1 heterocycles. The summed E-state index contributed by atoms with van der Waals surface area (Å²) in [6.07, 6.45) is -0.618. The van der Waals surface area contributed by atoms with Crippen LogP contribution < -0.4 is 5.32 Å². The average molecular weight is 174 g/mol. The Labute approximate surface area is 73.5 Å². The minimum absolute atomic E-state index is 0.577. The van der Waals surface area contributed by atoms with Gasteiger partial charge in [0.1, 0.15) is 0 Å². The summed E-state index contributed by atoms with van der Waals surface area (Å²) < 4.78 is 5.04. The number of aliphatic hydroxyl groups excluding tert-OH is 1. The number of nitrogens with one attached hydrogen (secondary N) is 1. The first kappa shape index (κ1) is 9.92. The summed E-state index contributed by atoms with van der Waals surface area (Å²) in [5.41, 5.74) is 0. The molecule has 0 spiro atoms. The second-order valence-corrected chi connectivity index (χ2v) is 2.96. The first-order valence-corrected chi connectivity index (χ1v) is 4.55. The van der Waals surface area contributed by atoms with Crippen molar-refractivity contribution in [3.05, 3.63) is 0 Å². The lowest BCUT2D eigenvalue weighted by Crippen LogP contribution is -2.46. The lowest BCUT2D eigenvalue weighted by atomic mass is 10.3. The summed E-state index contributed by atoms with van der Waals surface area (Å²) >= 11 is 0. The molecule has 2 N–H and O–H groups in total. The van der Waals surface area contributed by atoms with Gasteiger partial charge >= 0.3 is 0 Å². The molecule has 0 amide bonds. The van der Waals surface area contributed by atoms with Crippen LogP contribution in [0.1, 0.15) is 6.92 Å². The van der Waals surface area contributed by atoms with E-state index in [2.05, 4.69) is 10.2 Å². The molecule has 0 saturated carbocycles. The molecule has 4 nitrogen and oxygen atoms in total. The van der Waals surface area contributed by atoms with Crippen molar-refractivity contribution < 1.29 is 9.84 Å². The highest BCUT2D eigenvalue weighted by Gasteiger charge is 2.13. The molecule has 1 rings (SSSR count). The highest BCUT2D eigenvalue weighted by Crippen LogP contribution is 1.96. The predicted octanol–water partition coefficient (Wildman–Crippen LogP) is -0.753. The third kappa shape index (κ3) is 3.49. The van der Waals surface area contributed by atoms with Crippen molar-refractivity contribution >= 4 is 0 Å². The van der Waals surface area contributed by atoms with Gasteiger partial charge in [-0.1, -0.05) is 0 Å². The van der Waals surface area contributed by atoms with Gasteiger partial charge in [-0.05, 0) is 6.92 Å². The molecule has 1 fully saturated rings. The number of hydrogen-bond donors (Lipinski definition) is 2. The van der Waals surface area contributed by atoms with Gasteiger partial charge in [-0.25, -0.2) is 0 Å². The Morgan fingerprint density at radius 3 is 2.75 bits per heavy atom. The topological polar surface area (TPSA) is 44.7 Å². The molecule has 0 aromatic carbocycles. The van der Waals surface area contributed by atoms with E-state index in [0.29, 0.717) is 13.2 Å². The van der Waals surface area contributed by atoms with Gasteiger partial charge in [-0.2, -0.15) is 0 Å². The minimum atomic E-state index is -0.618. The zero-order chi connectivity index (χ0) is 8.81.